The highest BCUT2D eigenvalue weighted by Gasteiger charge is 2.13. The highest BCUT2D eigenvalue weighted by molar-refractivity contribution is 5.94. The van der Waals surface area contributed by atoms with E-state index in [1.807, 2.05) is 42.6 Å². The van der Waals surface area contributed by atoms with E-state index in [-0.39, 0.29) is 25.0 Å². The minimum Gasteiger partial charge on any atom is -0.467 e. The Bertz CT molecular complexity index is 596. The Morgan fingerprint density at radius 3 is 2.64 bits per heavy atom. The number of rotatable bonds is 6. The van der Waals surface area contributed by atoms with Crippen molar-refractivity contribution in [2.75, 3.05) is 6.54 Å². The summed E-state index contributed by atoms with van der Waals surface area (Å²) in [6.07, 6.45) is 1.53. The van der Waals surface area contributed by atoms with E-state index in [1.54, 1.807) is 12.1 Å². The molecule has 6 heteroatoms. The van der Waals surface area contributed by atoms with E-state index in [0.29, 0.717) is 5.76 Å². The van der Waals surface area contributed by atoms with Gasteiger partial charge in [-0.3, -0.25) is 10.1 Å². The van der Waals surface area contributed by atoms with Crippen LogP contribution in [-0.4, -0.2) is 18.5 Å². The highest BCUT2D eigenvalue weighted by Crippen LogP contribution is 2.05. The Labute approximate surface area is 128 Å². The molecule has 0 saturated carbocycles. The molecule has 2 aromatic rings. The molecule has 0 aliphatic heterocycles. The molecule has 0 spiro atoms. The van der Waals surface area contributed by atoms with Crippen LogP contribution < -0.4 is 16.0 Å². The van der Waals surface area contributed by atoms with Crippen LogP contribution in [0, 0.1) is 0 Å². The van der Waals surface area contributed by atoms with E-state index in [0.717, 1.165) is 5.56 Å². The number of imide groups is 1. The number of nitrogens with one attached hydrogen (secondary N) is 2. The SMILES string of the molecule is C[C@H]([NH2+]CC(=O)NC(=O)NCc1ccco1)c1ccccc1. The van der Waals surface area contributed by atoms with Gasteiger partial charge in [0.2, 0.25) is 0 Å². The zero-order chi connectivity index (χ0) is 15.8. The molecule has 22 heavy (non-hydrogen) atoms. The maximum absolute atomic E-state index is 11.7. The molecule has 0 fully saturated rings. The van der Waals surface area contributed by atoms with Crippen LogP contribution in [0.4, 0.5) is 4.79 Å². The monoisotopic (exact) mass is 302 g/mol. The van der Waals surface area contributed by atoms with Crippen LogP contribution in [0.15, 0.2) is 53.1 Å². The first kappa shape index (κ1) is 15.8. The Morgan fingerprint density at radius 2 is 1.95 bits per heavy atom. The molecule has 0 aliphatic rings. The van der Waals surface area contributed by atoms with Gasteiger partial charge in [-0.2, -0.15) is 0 Å². The summed E-state index contributed by atoms with van der Waals surface area (Å²) in [5.41, 5.74) is 1.14. The van der Waals surface area contributed by atoms with Gasteiger partial charge in [-0.1, -0.05) is 30.3 Å². The van der Waals surface area contributed by atoms with Gasteiger partial charge in [0.1, 0.15) is 11.8 Å². The van der Waals surface area contributed by atoms with E-state index >= 15 is 0 Å². The molecule has 1 aromatic carbocycles. The predicted molar refractivity (Wildman–Crippen MR) is 80.7 cm³/mol. The fourth-order valence-electron chi connectivity index (χ4n) is 1.98. The summed E-state index contributed by atoms with van der Waals surface area (Å²) in [6, 6.07) is 13.0. The normalized spacial score (nSPS) is 11.7. The number of hydrogen-bond acceptors (Lipinski definition) is 3. The molecule has 116 valence electrons. The van der Waals surface area contributed by atoms with Gasteiger partial charge < -0.3 is 15.1 Å². The fourth-order valence-corrected chi connectivity index (χ4v) is 1.98. The summed E-state index contributed by atoms with van der Waals surface area (Å²) >= 11 is 0. The van der Waals surface area contributed by atoms with Gasteiger partial charge >= 0.3 is 6.03 Å². The summed E-state index contributed by atoms with van der Waals surface area (Å²) in [5.74, 6) is 0.298. The number of nitrogens with two attached hydrogens (primary N) is 1. The number of amides is 3. The van der Waals surface area contributed by atoms with Crippen LogP contribution in [-0.2, 0) is 11.3 Å². The molecule has 0 radical (unpaired) electrons. The number of carbonyl (C=O) groups is 2. The van der Waals surface area contributed by atoms with Crippen molar-refractivity contribution in [3.63, 3.8) is 0 Å². The second kappa shape index (κ2) is 7.99. The van der Waals surface area contributed by atoms with E-state index in [1.165, 1.54) is 6.26 Å². The van der Waals surface area contributed by atoms with Crippen LogP contribution in [0.1, 0.15) is 24.3 Å². The number of quaternary nitrogens is 1. The van der Waals surface area contributed by atoms with Crippen LogP contribution in [0.3, 0.4) is 0 Å². The van der Waals surface area contributed by atoms with Crippen molar-refractivity contribution in [3.05, 3.63) is 60.1 Å². The van der Waals surface area contributed by atoms with Crippen LogP contribution in [0.2, 0.25) is 0 Å². The van der Waals surface area contributed by atoms with E-state index < -0.39 is 6.03 Å². The largest absolute Gasteiger partial charge is 0.467 e. The van der Waals surface area contributed by atoms with E-state index in [4.69, 9.17) is 4.42 Å². The van der Waals surface area contributed by atoms with Gasteiger partial charge in [0, 0.05) is 5.56 Å². The summed E-state index contributed by atoms with van der Waals surface area (Å²) in [7, 11) is 0. The Morgan fingerprint density at radius 1 is 1.18 bits per heavy atom. The zero-order valence-electron chi connectivity index (χ0n) is 12.4. The molecule has 1 aromatic heterocycles. The van der Waals surface area contributed by atoms with Crippen molar-refractivity contribution < 1.29 is 19.3 Å². The molecule has 0 saturated heterocycles. The first-order valence-corrected chi connectivity index (χ1v) is 7.13. The van der Waals surface area contributed by atoms with Crippen molar-refractivity contribution in [2.45, 2.75) is 19.5 Å². The molecule has 3 amide bonds. The quantitative estimate of drug-likeness (QED) is 0.742. The second-order valence-corrected chi connectivity index (χ2v) is 4.95. The molecule has 4 N–H and O–H groups in total. The molecular weight excluding hydrogens is 282 g/mol. The predicted octanol–water partition coefficient (Wildman–Crippen LogP) is 0.930. The fraction of sp³-hybridized carbons (Fsp3) is 0.250. The van der Waals surface area contributed by atoms with Gasteiger partial charge in [0.15, 0.2) is 6.54 Å². The molecule has 1 heterocycles. The van der Waals surface area contributed by atoms with Crippen LogP contribution >= 0.6 is 0 Å². The molecular formula is C16H20N3O3+. The molecule has 0 unspecified atom stereocenters. The molecule has 6 nitrogen and oxygen atoms in total. The Hall–Kier alpha value is -2.60. The van der Waals surface area contributed by atoms with Gasteiger partial charge in [0.25, 0.3) is 5.91 Å². The second-order valence-electron chi connectivity index (χ2n) is 4.95. The summed E-state index contributed by atoms with van der Waals surface area (Å²) in [6.45, 7) is 2.44. The number of furan rings is 1. The topological polar surface area (TPSA) is 88.0 Å². The lowest BCUT2D eigenvalue weighted by Crippen LogP contribution is -2.87. The molecule has 0 aliphatic carbocycles. The molecule has 2 rings (SSSR count). The number of urea groups is 1. The smallest absolute Gasteiger partial charge is 0.321 e. The summed E-state index contributed by atoms with van der Waals surface area (Å²) < 4.78 is 5.08. The van der Waals surface area contributed by atoms with Crippen LogP contribution in [0.5, 0.6) is 0 Å². The van der Waals surface area contributed by atoms with Crippen molar-refractivity contribution in [2.24, 2.45) is 0 Å². The molecule has 0 bridgehead atoms. The van der Waals surface area contributed by atoms with Gasteiger partial charge in [-0.15, -0.1) is 0 Å². The van der Waals surface area contributed by atoms with Gasteiger partial charge in [-0.25, -0.2) is 4.79 Å². The molecule has 1 atom stereocenters. The Balaban J connectivity index is 1.68. The van der Waals surface area contributed by atoms with Crippen molar-refractivity contribution in [3.8, 4) is 0 Å². The lowest BCUT2D eigenvalue weighted by molar-refractivity contribution is -0.682. The first-order chi connectivity index (χ1) is 10.6. The van der Waals surface area contributed by atoms with Crippen molar-refractivity contribution in [1.29, 1.82) is 0 Å². The van der Waals surface area contributed by atoms with Crippen molar-refractivity contribution >= 4 is 11.9 Å². The zero-order valence-corrected chi connectivity index (χ0v) is 12.4. The summed E-state index contributed by atoms with van der Waals surface area (Å²) in [5, 5.41) is 6.72. The number of carbonyl (C=O) groups excluding carboxylic acids is 2. The summed E-state index contributed by atoms with van der Waals surface area (Å²) in [4.78, 5) is 23.3. The number of benzene rings is 1. The van der Waals surface area contributed by atoms with Gasteiger partial charge in [-0.05, 0) is 19.1 Å². The maximum Gasteiger partial charge on any atom is 0.321 e. The average Bonchev–Trinajstić information content (AvgIpc) is 3.05. The number of hydrogen-bond donors (Lipinski definition) is 3. The van der Waals surface area contributed by atoms with Crippen molar-refractivity contribution in [1.82, 2.24) is 10.6 Å². The first-order valence-electron chi connectivity index (χ1n) is 7.13. The minimum absolute atomic E-state index is 0.151. The van der Waals surface area contributed by atoms with E-state index in [2.05, 4.69) is 10.6 Å². The third-order valence-electron chi connectivity index (χ3n) is 3.24. The lowest BCUT2D eigenvalue weighted by atomic mass is 10.1. The van der Waals surface area contributed by atoms with Crippen LogP contribution in [0.25, 0.3) is 0 Å². The lowest BCUT2D eigenvalue weighted by Gasteiger charge is -2.10. The third-order valence-corrected chi connectivity index (χ3v) is 3.24. The average molecular weight is 302 g/mol. The standard InChI is InChI=1S/C16H19N3O3/c1-12(13-6-3-2-4-7-13)17-11-15(20)19-16(21)18-10-14-8-5-9-22-14/h2-9,12,17H,10-11H2,1H3,(H2,18,19,20,21)/p+1/t12-/m0/s1. The Kier molecular flexibility index (Phi) is 5.73. The third kappa shape index (κ3) is 5.06. The minimum atomic E-state index is -0.526. The van der Waals surface area contributed by atoms with Gasteiger partial charge in [0.05, 0.1) is 12.8 Å². The maximum atomic E-state index is 11.7. The van der Waals surface area contributed by atoms with E-state index in [9.17, 15) is 9.59 Å². The highest BCUT2D eigenvalue weighted by atomic mass is 16.3.